The second-order valence-corrected chi connectivity index (χ2v) is 6.29. The van der Waals surface area contributed by atoms with Crippen molar-refractivity contribution in [3.8, 4) is 0 Å². The number of imide groups is 1. The van der Waals surface area contributed by atoms with Gasteiger partial charge in [0.25, 0.3) is 11.8 Å². The van der Waals surface area contributed by atoms with E-state index < -0.39 is 29.5 Å². The Morgan fingerprint density at radius 1 is 1.04 bits per heavy atom. The number of hydrazine groups is 1. The number of nitrogens with one attached hydrogen (secondary N) is 2. The number of benzene rings is 1. The second kappa shape index (κ2) is 7.20. The topological polar surface area (TPSA) is 114 Å². The van der Waals surface area contributed by atoms with Crippen molar-refractivity contribution in [3.05, 3.63) is 29.8 Å². The van der Waals surface area contributed by atoms with Gasteiger partial charge >= 0.3 is 12.1 Å². The molecule has 25 heavy (non-hydrogen) atoms. The van der Waals surface area contributed by atoms with E-state index in [9.17, 15) is 19.2 Å². The van der Waals surface area contributed by atoms with Crippen LogP contribution in [0, 0.1) is 0 Å². The lowest BCUT2D eigenvalue weighted by Crippen LogP contribution is -2.35. The van der Waals surface area contributed by atoms with E-state index in [4.69, 9.17) is 9.57 Å². The number of ether oxygens (including phenoxy) is 1. The van der Waals surface area contributed by atoms with E-state index in [0.29, 0.717) is 10.8 Å². The van der Waals surface area contributed by atoms with Crippen LogP contribution in [-0.2, 0) is 19.2 Å². The molecular weight excluding hydrogens is 330 g/mol. The van der Waals surface area contributed by atoms with Gasteiger partial charge in [-0.3, -0.25) is 15.0 Å². The van der Waals surface area contributed by atoms with Gasteiger partial charge in [-0.05, 0) is 45.0 Å². The Kier molecular flexibility index (Phi) is 5.26. The first-order valence-electron chi connectivity index (χ1n) is 7.59. The summed E-state index contributed by atoms with van der Waals surface area (Å²) in [4.78, 5) is 51.1. The summed E-state index contributed by atoms with van der Waals surface area (Å²) in [6, 6.07) is 5.88. The summed E-state index contributed by atoms with van der Waals surface area (Å²) in [7, 11) is 0. The monoisotopic (exact) mass is 349 g/mol. The zero-order valence-electron chi connectivity index (χ0n) is 14.1. The Labute approximate surface area is 144 Å². The number of hydroxylamine groups is 2. The quantitative estimate of drug-likeness (QED) is 0.629. The summed E-state index contributed by atoms with van der Waals surface area (Å²) in [6.07, 6.45) is -0.585. The van der Waals surface area contributed by atoms with Crippen LogP contribution in [0.25, 0.3) is 0 Å². The first-order valence-corrected chi connectivity index (χ1v) is 7.59. The smallest absolute Gasteiger partial charge is 0.426 e. The molecule has 9 heteroatoms. The fourth-order valence-corrected chi connectivity index (χ4v) is 1.91. The standard InChI is InChI=1S/C16H19N3O6/c1-16(2,3)24-15(23)18-17-11-6-4-10(5-7-11)14(22)25-19-12(20)8-9-13(19)21/h4-7,17H,8-9H2,1-3H3,(H,18,23). The van der Waals surface area contributed by atoms with Crippen molar-refractivity contribution in [2.45, 2.75) is 39.2 Å². The second-order valence-electron chi connectivity index (χ2n) is 6.29. The first kappa shape index (κ1) is 18.2. The van der Waals surface area contributed by atoms with Crippen LogP contribution in [0.3, 0.4) is 0 Å². The zero-order valence-corrected chi connectivity index (χ0v) is 14.1. The van der Waals surface area contributed by atoms with Crippen molar-refractivity contribution in [3.63, 3.8) is 0 Å². The van der Waals surface area contributed by atoms with Crippen LogP contribution in [0.4, 0.5) is 10.5 Å². The Hall–Kier alpha value is -3.10. The Morgan fingerprint density at radius 3 is 2.12 bits per heavy atom. The predicted molar refractivity (Wildman–Crippen MR) is 85.9 cm³/mol. The number of rotatable bonds is 4. The van der Waals surface area contributed by atoms with Crippen molar-refractivity contribution in [1.29, 1.82) is 0 Å². The Bertz CT molecular complexity index is 677. The van der Waals surface area contributed by atoms with Crippen LogP contribution < -0.4 is 10.9 Å². The Balaban J connectivity index is 1.89. The van der Waals surface area contributed by atoms with E-state index >= 15 is 0 Å². The highest BCUT2D eigenvalue weighted by Gasteiger charge is 2.33. The van der Waals surface area contributed by atoms with Gasteiger partial charge in [0.1, 0.15) is 5.60 Å². The van der Waals surface area contributed by atoms with Crippen LogP contribution in [0.2, 0.25) is 0 Å². The van der Waals surface area contributed by atoms with Gasteiger partial charge in [0, 0.05) is 12.8 Å². The third kappa shape index (κ3) is 5.20. The number of amides is 3. The first-order chi connectivity index (χ1) is 11.7. The molecule has 1 aromatic rings. The molecule has 3 amide bonds. The molecule has 134 valence electrons. The molecule has 1 aliphatic rings. The van der Waals surface area contributed by atoms with E-state index in [1.807, 2.05) is 0 Å². The molecule has 1 aliphatic heterocycles. The maximum Gasteiger partial charge on any atom is 0.426 e. The van der Waals surface area contributed by atoms with Crippen LogP contribution in [0.15, 0.2) is 24.3 Å². The van der Waals surface area contributed by atoms with Gasteiger partial charge in [0.15, 0.2) is 0 Å². The number of carbonyl (C=O) groups is 4. The van der Waals surface area contributed by atoms with E-state index in [1.54, 1.807) is 20.8 Å². The molecule has 0 saturated carbocycles. The minimum absolute atomic E-state index is 0.0330. The molecule has 1 fully saturated rings. The van der Waals surface area contributed by atoms with Crippen molar-refractivity contribution >= 4 is 29.6 Å². The van der Waals surface area contributed by atoms with Crippen LogP contribution in [0.5, 0.6) is 0 Å². The third-order valence-electron chi connectivity index (χ3n) is 3.01. The molecule has 0 atom stereocenters. The van der Waals surface area contributed by atoms with Crippen molar-refractivity contribution in [2.24, 2.45) is 0 Å². The summed E-state index contributed by atoms with van der Waals surface area (Å²) in [5.41, 5.74) is 5.00. The fraction of sp³-hybridized carbons (Fsp3) is 0.375. The minimum atomic E-state index is -0.824. The molecule has 0 aromatic heterocycles. The molecule has 2 N–H and O–H groups in total. The summed E-state index contributed by atoms with van der Waals surface area (Å²) in [6.45, 7) is 5.22. The normalized spacial score (nSPS) is 14.3. The van der Waals surface area contributed by atoms with Gasteiger partial charge in [-0.1, -0.05) is 0 Å². The summed E-state index contributed by atoms with van der Waals surface area (Å²) in [5.74, 6) is -1.91. The molecule has 2 rings (SSSR count). The van der Waals surface area contributed by atoms with Gasteiger partial charge in [0.2, 0.25) is 0 Å². The lowest BCUT2D eigenvalue weighted by Gasteiger charge is -2.20. The van der Waals surface area contributed by atoms with Crippen molar-refractivity contribution in [2.75, 3.05) is 5.43 Å². The van der Waals surface area contributed by atoms with Gasteiger partial charge in [-0.25, -0.2) is 15.0 Å². The number of nitrogens with zero attached hydrogens (tertiary/aromatic N) is 1. The zero-order chi connectivity index (χ0) is 18.6. The molecule has 0 spiro atoms. The van der Waals surface area contributed by atoms with Crippen LogP contribution >= 0.6 is 0 Å². The van der Waals surface area contributed by atoms with Gasteiger partial charge in [-0.2, -0.15) is 0 Å². The fourth-order valence-electron chi connectivity index (χ4n) is 1.91. The molecule has 0 bridgehead atoms. The van der Waals surface area contributed by atoms with E-state index in [1.165, 1.54) is 24.3 Å². The maximum absolute atomic E-state index is 11.9. The van der Waals surface area contributed by atoms with Crippen molar-refractivity contribution in [1.82, 2.24) is 10.5 Å². The highest BCUT2D eigenvalue weighted by molar-refractivity contribution is 6.02. The molecule has 9 nitrogen and oxygen atoms in total. The number of anilines is 1. The average Bonchev–Trinajstić information content (AvgIpc) is 2.83. The summed E-state index contributed by atoms with van der Waals surface area (Å²) < 4.78 is 5.06. The molecule has 0 aliphatic carbocycles. The lowest BCUT2D eigenvalue weighted by molar-refractivity contribution is -0.172. The Morgan fingerprint density at radius 2 is 1.60 bits per heavy atom. The van der Waals surface area contributed by atoms with Crippen LogP contribution in [-0.4, -0.2) is 34.5 Å². The maximum atomic E-state index is 11.9. The number of carbonyl (C=O) groups excluding carboxylic acids is 4. The average molecular weight is 349 g/mol. The van der Waals surface area contributed by atoms with E-state index in [2.05, 4.69) is 10.9 Å². The molecule has 1 saturated heterocycles. The van der Waals surface area contributed by atoms with E-state index in [-0.39, 0.29) is 18.4 Å². The molecular formula is C16H19N3O6. The number of hydrogen-bond donors (Lipinski definition) is 2. The van der Waals surface area contributed by atoms with Gasteiger partial charge in [-0.15, -0.1) is 5.06 Å². The number of hydrogen-bond acceptors (Lipinski definition) is 7. The molecule has 1 aromatic carbocycles. The minimum Gasteiger partial charge on any atom is -0.443 e. The molecule has 0 radical (unpaired) electrons. The van der Waals surface area contributed by atoms with Gasteiger partial charge < -0.3 is 9.57 Å². The van der Waals surface area contributed by atoms with E-state index in [0.717, 1.165) is 0 Å². The van der Waals surface area contributed by atoms with Gasteiger partial charge in [0.05, 0.1) is 11.3 Å². The highest BCUT2D eigenvalue weighted by atomic mass is 16.7. The van der Waals surface area contributed by atoms with Crippen LogP contribution in [0.1, 0.15) is 44.0 Å². The lowest BCUT2D eigenvalue weighted by atomic mass is 10.2. The summed E-state index contributed by atoms with van der Waals surface area (Å²) >= 11 is 0. The highest BCUT2D eigenvalue weighted by Crippen LogP contribution is 2.15. The summed E-state index contributed by atoms with van der Waals surface area (Å²) in [5, 5.41) is 0.485. The SMILES string of the molecule is CC(C)(C)OC(=O)NNc1ccc(C(=O)ON2C(=O)CCC2=O)cc1. The van der Waals surface area contributed by atoms with Crippen molar-refractivity contribution < 1.29 is 28.8 Å². The molecule has 1 heterocycles. The predicted octanol–water partition coefficient (Wildman–Crippen LogP) is 1.76. The largest absolute Gasteiger partial charge is 0.443 e. The third-order valence-corrected chi connectivity index (χ3v) is 3.01. The molecule has 0 unspecified atom stereocenters.